The van der Waals surface area contributed by atoms with Gasteiger partial charge in [0.15, 0.2) is 0 Å². The molecule has 1 aliphatic carbocycles. The Morgan fingerprint density at radius 1 is 1.50 bits per heavy atom. The summed E-state index contributed by atoms with van der Waals surface area (Å²) in [6.45, 7) is 0. The van der Waals surface area contributed by atoms with Crippen LogP contribution in [0.25, 0.3) is 0 Å². The second-order valence-corrected chi connectivity index (χ2v) is 4.54. The van der Waals surface area contributed by atoms with Gasteiger partial charge in [-0.15, -0.1) is 0 Å². The molecule has 1 atom stereocenters. The van der Waals surface area contributed by atoms with Gasteiger partial charge in [-0.05, 0) is 24.3 Å². The van der Waals surface area contributed by atoms with Gasteiger partial charge in [-0.2, -0.15) is 0 Å². The average molecular weight is 250 g/mol. The highest BCUT2D eigenvalue weighted by Gasteiger charge is 2.36. The molecule has 6 heteroatoms. The van der Waals surface area contributed by atoms with Crippen molar-refractivity contribution in [1.82, 2.24) is 0 Å². The Labute approximate surface area is 104 Å². The minimum atomic E-state index is -0.966. The molecule has 18 heavy (non-hydrogen) atoms. The van der Waals surface area contributed by atoms with Crippen LogP contribution < -0.4 is 5.73 Å². The van der Waals surface area contributed by atoms with Gasteiger partial charge in [0.1, 0.15) is 5.69 Å². The van der Waals surface area contributed by atoms with E-state index in [1.807, 2.05) is 0 Å². The van der Waals surface area contributed by atoms with Crippen molar-refractivity contribution in [2.75, 3.05) is 5.73 Å². The zero-order chi connectivity index (χ0) is 13.3. The van der Waals surface area contributed by atoms with Gasteiger partial charge in [0.05, 0.1) is 10.8 Å². The highest BCUT2D eigenvalue weighted by atomic mass is 16.6. The molecule has 0 amide bonds. The van der Waals surface area contributed by atoms with Crippen molar-refractivity contribution in [2.24, 2.45) is 5.92 Å². The fourth-order valence-electron chi connectivity index (χ4n) is 2.36. The lowest BCUT2D eigenvalue weighted by molar-refractivity contribution is -0.384. The molecule has 0 heterocycles. The number of nitrogens with zero attached hydrogens (tertiary/aromatic N) is 1. The summed E-state index contributed by atoms with van der Waals surface area (Å²) in [6, 6.07) is 4.34. The molecule has 2 rings (SSSR count). The number of carbonyl (C=O) groups is 1. The van der Waals surface area contributed by atoms with Crippen LogP contribution in [-0.4, -0.2) is 16.0 Å². The van der Waals surface area contributed by atoms with Gasteiger partial charge in [0.2, 0.25) is 0 Å². The molecule has 1 saturated carbocycles. The van der Waals surface area contributed by atoms with Crippen LogP contribution in [0.3, 0.4) is 0 Å². The predicted octanol–water partition coefficient (Wildman–Crippen LogP) is 2.15. The molecule has 1 fully saturated rings. The number of nitro groups is 1. The minimum absolute atomic E-state index is 0.0261. The smallest absolute Gasteiger partial charge is 0.311 e. The van der Waals surface area contributed by atoms with Crippen LogP contribution in [0.1, 0.15) is 30.7 Å². The first-order valence-corrected chi connectivity index (χ1v) is 5.78. The number of carboxylic acid groups (broad SMARTS) is 1. The number of hydrogen-bond acceptors (Lipinski definition) is 4. The van der Waals surface area contributed by atoms with Gasteiger partial charge >= 0.3 is 5.97 Å². The fraction of sp³-hybridized carbons (Fsp3) is 0.417. The number of aliphatic carboxylic acids is 1. The topological polar surface area (TPSA) is 106 Å². The van der Waals surface area contributed by atoms with E-state index < -0.39 is 16.8 Å². The number of nitro benzene ring substituents is 1. The third kappa shape index (κ3) is 2.01. The average Bonchev–Trinajstić information content (AvgIpc) is 2.23. The standard InChI is InChI=1S/C12H14N2O4/c13-11-8(5-2-6-9(11)14(17)18)10(12(15)16)7-3-1-4-7/h2,5-7,10H,1,3-4,13H2,(H,15,16). The number of anilines is 1. The summed E-state index contributed by atoms with van der Waals surface area (Å²) in [5.41, 5.74) is 5.85. The number of rotatable bonds is 4. The molecule has 6 nitrogen and oxygen atoms in total. The van der Waals surface area contributed by atoms with Crippen LogP contribution in [0.15, 0.2) is 18.2 Å². The van der Waals surface area contributed by atoms with Crippen LogP contribution in [0.2, 0.25) is 0 Å². The number of nitrogens with two attached hydrogens (primary N) is 1. The van der Waals surface area contributed by atoms with Gasteiger partial charge in [-0.25, -0.2) is 0 Å². The Bertz CT molecular complexity index is 497. The molecular weight excluding hydrogens is 236 g/mol. The van der Waals surface area contributed by atoms with Gasteiger partial charge in [-0.1, -0.05) is 18.6 Å². The van der Waals surface area contributed by atoms with E-state index in [4.69, 9.17) is 5.73 Å². The Kier molecular flexibility index (Phi) is 3.18. The third-order valence-electron chi connectivity index (χ3n) is 3.54. The fourth-order valence-corrected chi connectivity index (χ4v) is 2.36. The molecular formula is C12H14N2O4. The van der Waals surface area contributed by atoms with E-state index in [9.17, 15) is 20.0 Å². The van der Waals surface area contributed by atoms with Crippen molar-refractivity contribution in [3.05, 3.63) is 33.9 Å². The molecule has 1 aromatic rings. The Balaban J connectivity index is 2.44. The van der Waals surface area contributed by atoms with Gasteiger partial charge in [0, 0.05) is 6.07 Å². The summed E-state index contributed by atoms with van der Waals surface area (Å²) in [5, 5.41) is 20.1. The first-order valence-electron chi connectivity index (χ1n) is 5.78. The van der Waals surface area contributed by atoms with Crippen LogP contribution >= 0.6 is 0 Å². The lowest BCUT2D eigenvalue weighted by Gasteiger charge is -2.31. The molecule has 0 aliphatic heterocycles. The Morgan fingerprint density at radius 2 is 2.17 bits per heavy atom. The van der Waals surface area contributed by atoms with Crippen LogP contribution in [-0.2, 0) is 4.79 Å². The van der Waals surface area contributed by atoms with E-state index in [0.717, 1.165) is 19.3 Å². The van der Waals surface area contributed by atoms with Crippen molar-refractivity contribution in [1.29, 1.82) is 0 Å². The van der Waals surface area contributed by atoms with Crippen molar-refractivity contribution >= 4 is 17.3 Å². The molecule has 96 valence electrons. The quantitative estimate of drug-likeness (QED) is 0.483. The maximum Gasteiger partial charge on any atom is 0.311 e. The second-order valence-electron chi connectivity index (χ2n) is 4.54. The largest absolute Gasteiger partial charge is 0.481 e. The molecule has 1 aromatic carbocycles. The van der Waals surface area contributed by atoms with E-state index in [1.165, 1.54) is 12.1 Å². The zero-order valence-electron chi connectivity index (χ0n) is 9.70. The van der Waals surface area contributed by atoms with Crippen molar-refractivity contribution < 1.29 is 14.8 Å². The molecule has 0 spiro atoms. The van der Waals surface area contributed by atoms with Gasteiger partial charge in [0.25, 0.3) is 5.69 Å². The second kappa shape index (κ2) is 4.64. The maximum absolute atomic E-state index is 11.3. The highest BCUT2D eigenvalue weighted by molar-refractivity contribution is 5.81. The van der Waals surface area contributed by atoms with Crippen LogP contribution in [0, 0.1) is 16.0 Å². The lowest BCUT2D eigenvalue weighted by atomic mass is 9.72. The summed E-state index contributed by atoms with van der Waals surface area (Å²) in [5.74, 6) is -1.67. The Morgan fingerprint density at radius 3 is 2.61 bits per heavy atom. The maximum atomic E-state index is 11.3. The van der Waals surface area contributed by atoms with Crippen molar-refractivity contribution in [3.63, 3.8) is 0 Å². The number of para-hydroxylation sites is 1. The van der Waals surface area contributed by atoms with E-state index >= 15 is 0 Å². The first kappa shape index (κ1) is 12.3. The third-order valence-corrected chi connectivity index (χ3v) is 3.54. The van der Waals surface area contributed by atoms with E-state index in [1.54, 1.807) is 6.07 Å². The molecule has 0 aromatic heterocycles. The molecule has 0 radical (unpaired) electrons. The van der Waals surface area contributed by atoms with E-state index in [0.29, 0.717) is 5.56 Å². The molecule has 3 N–H and O–H groups in total. The van der Waals surface area contributed by atoms with Crippen molar-refractivity contribution in [2.45, 2.75) is 25.2 Å². The highest BCUT2D eigenvalue weighted by Crippen LogP contribution is 2.42. The lowest BCUT2D eigenvalue weighted by Crippen LogP contribution is -2.27. The monoisotopic (exact) mass is 250 g/mol. The summed E-state index contributed by atoms with van der Waals surface area (Å²) in [4.78, 5) is 21.6. The van der Waals surface area contributed by atoms with Gasteiger partial charge < -0.3 is 10.8 Å². The van der Waals surface area contributed by atoms with E-state index in [-0.39, 0.29) is 17.3 Å². The Hall–Kier alpha value is -2.11. The summed E-state index contributed by atoms with van der Waals surface area (Å²) in [6.07, 6.45) is 2.67. The summed E-state index contributed by atoms with van der Waals surface area (Å²) < 4.78 is 0. The van der Waals surface area contributed by atoms with Crippen molar-refractivity contribution in [3.8, 4) is 0 Å². The first-order chi connectivity index (χ1) is 8.52. The normalized spacial score (nSPS) is 16.9. The molecule has 0 saturated heterocycles. The molecule has 1 aliphatic rings. The summed E-state index contributed by atoms with van der Waals surface area (Å²) >= 11 is 0. The van der Waals surface area contributed by atoms with Crippen LogP contribution in [0.5, 0.6) is 0 Å². The van der Waals surface area contributed by atoms with E-state index in [2.05, 4.69) is 0 Å². The minimum Gasteiger partial charge on any atom is -0.481 e. The number of benzene rings is 1. The molecule has 0 bridgehead atoms. The molecule has 1 unspecified atom stereocenters. The zero-order valence-corrected chi connectivity index (χ0v) is 9.70. The number of nitrogen functional groups attached to an aromatic ring is 1. The number of carboxylic acids is 1. The SMILES string of the molecule is Nc1c(C(C(=O)O)C2CCC2)cccc1[N+](=O)[O-]. The summed E-state index contributed by atoms with van der Waals surface area (Å²) in [7, 11) is 0. The van der Waals surface area contributed by atoms with Crippen LogP contribution in [0.4, 0.5) is 11.4 Å². The van der Waals surface area contributed by atoms with Gasteiger partial charge in [-0.3, -0.25) is 14.9 Å². The predicted molar refractivity (Wildman–Crippen MR) is 65.2 cm³/mol. The number of hydrogen-bond donors (Lipinski definition) is 2.